The lowest BCUT2D eigenvalue weighted by Gasteiger charge is -2.28. The standard InChI is InChI=1S/C27H30F2N6O5/c1-27(2,38)14-39-17-10-11-18-20(13-17)35(26(28)29)32-22(18)24(37)31-15-6-8-16(9-7-15)40-25-21(23(30)36)19-5-3-4-12-34(19)33-25/h3-5,10-13,15-16,26,38H,6-9,14H2,1-2H3,(H2,30,36)(H,31,37). The van der Waals surface area contributed by atoms with Gasteiger partial charge >= 0.3 is 6.55 Å². The summed E-state index contributed by atoms with van der Waals surface area (Å²) in [5, 5.41) is 21.3. The van der Waals surface area contributed by atoms with E-state index in [1.807, 2.05) is 0 Å². The number of nitrogens with two attached hydrogens (primary N) is 1. The number of nitrogens with one attached hydrogen (secondary N) is 1. The molecule has 1 saturated carbocycles. The Balaban J connectivity index is 1.25. The first kappa shape index (κ1) is 27.3. The number of aliphatic hydroxyl groups is 1. The highest BCUT2D eigenvalue weighted by Gasteiger charge is 2.29. The van der Waals surface area contributed by atoms with Gasteiger partial charge in [-0.2, -0.15) is 13.9 Å². The van der Waals surface area contributed by atoms with Crippen LogP contribution in [0.15, 0.2) is 42.6 Å². The fourth-order valence-corrected chi connectivity index (χ4v) is 4.81. The molecule has 212 valence electrons. The van der Waals surface area contributed by atoms with Gasteiger partial charge in [-0.3, -0.25) is 9.59 Å². The molecule has 3 aromatic heterocycles. The summed E-state index contributed by atoms with van der Waals surface area (Å²) in [5.74, 6) is -0.758. The molecule has 2 amide bonds. The van der Waals surface area contributed by atoms with Crippen LogP contribution in [0, 0.1) is 0 Å². The van der Waals surface area contributed by atoms with Gasteiger partial charge in [-0.05, 0) is 63.8 Å². The molecule has 1 fully saturated rings. The van der Waals surface area contributed by atoms with Crippen molar-refractivity contribution < 1.29 is 33.0 Å². The predicted octanol–water partition coefficient (Wildman–Crippen LogP) is 3.45. The molecule has 1 aliphatic rings. The van der Waals surface area contributed by atoms with Gasteiger partial charge in [-0.15, -0.1) is 5.10 Å². The van der Waals surface area contributed by atoms with E-state index < -0.39 is 24.0 Å². The quantitative estimate of drug-likeness (QED) is 0.286. The SMILES string of the molecule is CC(C)(O)COc1ccc2c(C(=O)NC3CCC(Oc4nn5ccccc5c4C(N)=O)CC3)nn(C(F)F)c2c1. The van der Waals surface area contributed by atoms with E-state index in [1.165, 1.54) is 16.6 Å². The van der Waals surface area contributed by atoms with Crippen molar-refractivity contribution in [2.75, 3.05) is 6.61 Å². The molecule has 0 saturated heterocycles. The van der Waals surface area contributed by atoms with Crippen molar-refractivity contribution in [1.29, 1.82) is 0 Å². The van der Waals surface area contributed by atoms with Crippen LogP contribution in [0.3, 0.4) is 0 Å². The lowest BCUT2D eigenvalue weighted by Crippen LogP contribution is -2.40. The zero-order chi connectivity index (χ0) is 28.6. The van der Waals surface area contributed by atoms with Gasteiger partial charge in [0.15, 0.2) is 5.69 Å². The first-order chi connectivity index (χ1) is 19.0. The normalized spacial score (nSPS) is 17.9. The van der Waals surface area contributed by atoms with Crippen LogP contribution >= 0.6 is 0 Å². The topological polar surface area (TPSA) is 146 Å². The summed E-state index contributed by atoms with van der Waals surface area (Å²) in [6, 6.07) is 9.50. The van der Waals surface area contributed by atoms with Crippen LogP contribution in [0.2, 0.25) is 0 Å². The van der Waals surface area contributed by atoms with Gasteiger partial charge in [-0.1, -0.05) is 6.07 Å². The van der Waals surface area contributed by atoms with E-state index in [0.29, 0.717) is 35.9 Å². The average molecular weight is 557 g/mol. The van der Waals surface area contributed by atoms with Crippen molar-refractivity contribution in [3.8, 4) is 11.6 Å². The number of aromatic nitrogens is 4. The maximum Gasteiger partial charge on any atom is 0.333 e. The number of carbonyl (C=O) groups is 2. The summed E-state index contributed by atoms with van der Waals surface area (Å²) in [7, 11) is 0. The number of primary amides is 1. The number of rotatable bonds is 9. The molecule has 4 N–H and O–H groups in total. The molecule has 1 aliphatic carbocycles. The number of benzene rings is 1. The Kier molecular flexibility index (Phi) is 7.32. The number of carbonyl (C=O) groups excluding carboxylic acids is 2. The molecule has 0 bridgehead atoms. The number of halogens is 2. The molecule has 3 heterocycles. The van der Waals surface area contributed by atoms with Crippen LogP contribution in [0.25, 0.3) is 16.4 Å². The Hall–Kier alpha value is -4.26. The van der Waals surface area contributed by atoms with Gasteiger partial charge in [0, 0.05) is 23.7 Å². The minimum atomic E-state index is -2.97. The second-order valence-electron chi connectivity index (χ2n) is 10.5. The average Bonchev–Trinajstić information content (AvgIpc) is 3.46. The number of hydrogen-bond donors (Lipinski definition) is 3. The summed E-state index contributed by atoms with van der Waals surface area (Å²) in [6.45, 7) is 0.122. The first-order valence-corrected chi connectivity index (χ1v) is 12.9. The lowest BCUT2D eigenvalue weighted by atomic mass is 9.92. The summed E-state index contributed by atoms with van der Waals surface area (Å²) >= 11 is 0. The van der Waals surface area contributed by atoms with Gasteiger partial charge in [-0.25, -0.2) is 9.20 Å². The number of pyridine rings is 1. The van der Waals surface area contributed by atoms with Crippen molar-refractivity contribution in [2.24, 2.45) is 5.73 Å². The lowest BCUT2D eigenvalue weighted by molar-refractivity contribution is 0.0284. The van der Waals surface area contributed by atoms with Crippen molar-refractivity contribution >= 4 is 28.2 Å². The van der Waals surface area contributed by atoms with Crippen molar-refractivity contribution in [3.05, 3.63) is 53.9 Å². The molecule has 40 heavy (non-hydrogen) atoms. The molecule has 0 aliphatic heterocycles. The van der Waals surface area contributed by atoms with E-state index >= 15 is 0 Å². The van der Waals surface area contributed by atoms with Crippen molar-refractivity contribution in [1.82, 2.24) is 24.7 Å². The minimum Gasteiger partial charge on any atom is -0.491 e. The number of nitrogens with zero attached hydrogens (tertiary/aromatic N) is 4. The Morgan fingerprint density at radius 1 is 1.15 bits per heavy atom. The van der Waals surface area contributed by atoms with Crippen molar-refractivity contribution in [3.63, 3.8) is 0 Å². The minimum absolute atomic E-state index is 0.0396. The monoisotopic (exact) mass is 556 g/mol. The smallest absolute Gasteiger partial charge is 0.333 e. The Labute approximate surface area is 227 Å². The third-order valence-corrected chi connectivity index (χ3v) is 6.71. The Morgan fingerprint density at radius 3 is 2.58 bits per heavy atom. The van der Waals surface area contributed by atoms with Gasteiger partial charge in [0.2, 0.25) is 5.88 Å². The molecular weight excluding hydrogens is 526 g/mol. The molecule has 0 radical (unpaired) electrons. The number of alkyl halides is 2. The molecule has 0 unspecified atom stereocenters. The predicted molar refractivity (Wildman–Crippen MR) is 141 cm³/mol. The molecule has 5 rings (SSSR count). The largest absolute Gasteiger partial charge is 0.491 e. The van der Waals surface area contributed by atoms with Gasteiger partial charge < -0.3 is 25.6 Å². The van der Waals surface area contributed by atoms with Crippen LogP contribution in [0.1, 0.15) is 66.9 Å². The van der Waals surface area contributed by atoms with Crippen LogP contribution in [0.5, 0.6) is 11.6 Å². The summed E-state index contributed by atoms with van der Waals surface area (Å²) < 4.78 is 41.1. The first-order valence-electron chi connectivity index (χ1n) is 12.9. The van der Waals surface area contributed by atoms with Gasteiger partial charge in [0.1, 0.15) is 24.0 Å². The molecule has 0 spiro atoms. The molecule has 4 aromatic rings. The van der Waals surface area contributed by atoms with E-state index in [0.717, 1.165) is 0 Å². The summed E-state index contributed by atoms with van der Waals surface area (Å²) in [6.07, 6.45) is 3.74. The number of hydrogen-bond acceptors (Lipinski definition) is 7. The van der Waals surface area contributed by atoms with Crippen LogP contribution < -0.4 is 20.5 Å². The molecule has 13 heteroatoms. The van der Waals surface area contributed by atoms with E-state index in [4.69, 9.17) is 15.2 Å². The zero-order valence-corrected chi connectivity index (χ0v) is 22.0. The molecular formula is C27H30F2N6O5. The van der Waals surface area contributed by atoms with Gasteiger partial charge in [0.05, 0.1) is 16.6 Å². The summed E-state index contributed by atoms with van der Waals surface area (Å²) in [5.41, 5.74) is 5.16. The van der Waals surface area contributed by atoms with E-state index in [9.17, 15) is 23.5 Å². The highest BCUT2D eigenvalue weighted by atomic mass is 19.3. The van der Waals surface area contributed by atoms with Crippen LogP contribution in [-0.4, -0.2) is 60.7 Å². The fourth-order valence-electron chi connectivity index (χ4n) is 4.81. The highest BCUT2D eigenvalue weighted by molar-refractivity contribution is 6.05. The second-order valence-corrected chi connectivity index (χ2v) is 10.5. The van der Waals surface area contributed by atoms with E-state index in [-0.39, 0.29) is 52.5 Å². The molecule has 11 nitrogen and oxygen atoms in total. The number of fused-ring (bicyclic) bond motifs is 2. The van der Waals surface area contributed by atoms with E-state index in [1.54, 1.807) is 44.3 Å². The Bertz CT molecular complexity index is 1550. The molecule has 0 atom stereocenters. The van der Waals surface area contributed by atoms with Crippen LogP contribution in [0.4, 0.5) is 8.78 Å². The maximum atomic E-state index is 13.7. The number of ether oxygens (including phenoxy) is 2. The van der Waals surface area contributed by atoms with Crippen LogP contribution in [-0.2, 0) is 0 Å². The highest BCUT2D eigenvalue weighted by Crippen LogP contribution is 2.30. The zero-order valence-electron chi connectivity index (χ0n) is 22.0. The summed E-state index contributed by atoms with van der Waals surface area (Å²) in [4.78, 5) is 25.1. The second kappa shape index (κ2) is 10.7. The van der Waals surface area contributed by atoms with E-state index in [2.05, 4.69) is 15.5 Å². The van der Waals surface area contributed by atoms with Crippen molar-refractivity contribution in [2.45, 2.75) is 63.8 Å². The Morgan fingerprint density at radius 2 is 1.90 bits per heavy atom. The molecule has 1 aromatic carbocycles. The third kappa shape index (κ3) is 5.69. The third-order valence-electron chi connectivity index (χ3n) is 6.71. The maximum absolute atomic E-state index is 13.7. The number of amides is 2. The van der Waals surface area contributed by atoms with Gasteiger partial charge in [0.25, 0.3) is 11.8 Å². The fraction of sp³-hybridized carbons (Fsp3) is 0.407.